The highest BCUT2D eigenvalue weighted by Crippen LogP contribution is 2.32. The van der Waals surface area contributed by atoms with Crippen LogP contribution in [-0.2, 0) is 6.54 Å². The lowest BCUT2D eigenvalue weighted by molar-refractivity contribution is 0.229. The van der Waals surface area contributed by atoms with Crippen LogP contribution in [0.5, 0.6) is 0 Å². The van der Waals surface area contributed by atoms with Crippen molar-refractivity contribution in [3.05, 3.63) is 65.3 Å². The highest BCUT2D eigenvalue weighted by Gasteiger charge is 2.21. The van der Waals surface area contributed by atoms with Crippen molar-refractivity contribution in [2.75, 3.05) is 63.6 Å². The standard InChI is InChI=1S/C28H34FN7O/c1-19-26(20(2)37-33-19)22-8-9-25-24(17-22)27(30-18-21-6-5-7-23(29)16-21)32-28(31-25)36-14-12-35(13-15-36)11-10-34(3)4/h5-9,16-17H,10-15,18H2,1-4H3,(H,30,31,32). The van der Waals surface area contributed by atoms with Crippen molar-refractivity contribution in [2.24, 2.45) is 0 Å². The number of hydrogen-bond donors (Lipinski definition) is 1. The molecule has 0 aliphatic carbocycles. The third-order valence-corrected chi connectivity index (χ3v) is 6.87. The number of hydrogen-bond acceptors (Lipinski definition) is 8. The molecular formula is C28H34FN7O. The van der Waals surface area contributed by atoms with Crippen molar-refractivity contribution in [1.29, 1.82) is 0 Å². The summed E-state index contributed by atoms with van der Waals surface area (Å²) in [6.45, 7) is 10.1. The van der Waals surface area contributed by atoms with Crippen LogP contribution in [-0.4, -0.2) is 78.3 Å². The number of anilines is 2. The topological polar surface area (TPSA) is 73.6 Å². The Morgan fingerprint density at radius 2 is 1.84 bits per heavy atom. The fourth-order valence-electron chi connectivity index (χ4n) is 4.79. The van der Waals surface area contributed by atoms with Crippen molar-refractivity contribution in [3.8, 4) is 11.1 Å². The Balaban J connectivity index is 1.46. The van der Waals surface area contributed by atoms with Gasteiger partial charge in [-0.15, -0.1) is 0 Å². The minimum atomic E-state index is -0.250. The van der Waals surface area contributed by atoms with Gasteiger partial charge >= 0.3 is 0 Å². The van der Waals surface area contributed by atoms with Gasteiger partial charge in [0.05, 0.1) is 11.2 Å². The van der Waals surface area contributed by atoms with Crippen LogP contribution in [0, 0.1) is 19.7 Å². The maximum Gasteiger partial charge on any atom is 0.227 e. The Bertz CT molecular complexity index is 1360. The number of rotatable bonds is 8. The van der Waals surface area contributed by atoms with Crippen LogP contribution in [0.1, 0.15) is 17.0 Å². The summed E-state index contributed by atoms with van der Waals surface area (Å²) >= 11 is 0. The Labute approximate surface area is 217 Å². The fourth-order valence-corrected chi connectivity index (χ4v) is 4.79. The summed E-state index contributed by atoms with van der Waals surface area (Å²) in [5, 5.41) is 8.47. The van der Waals surface area contributed by atoms with Gasteiger partial charge in [0.2, 0.25) is 5.95 Å². The highest BCUT2D eigenvalue weighted by molar-refractivity contribution is 5.94. The predicted octanol–water partition coefficient (Wildman–Crippen LogP) is 4.34. The van der Waals surface area contributed by atoms with Gasteiger partial charge in [-0.05, 0) is 63.3 Å². The number of aromatic nitrogens is 3. The van der Waals surface area contributed by atoms with Gasteiger partial charge in [-0.3, -0.25) is 4.90 Å². The number of piperazine rings is 1. The molecule has 0 saturated carbocycles. The quantitative estimate of drug-likeness (QED) is 0.381. The minimum absolute atomic E-state index is 0.250. The third-order valence-electron chi connectivity index (χ3n) is 6.87. The molecule has 5 rings (SSSR count). The molecule has 2 aromatic carbocycles. The van der Waals surface area contributed by atoms with Crippen molar-refractivity contribution >= 4 is 22.7 Å². The minimum Gasteiger partial charge on any atom is -0.365 e. The highest BCUT2D eigenvalue weighted by atomic mass is 19.1. The summed E-state index contributed by atoms with van der Waals surface area (Å²) in [4.78, 5) is 16.9. The van der Waals surface area contributed by atoms with Gasteiger partial charge in [0, 0.05) is 56.8 Å². The molecule has 1 aliphatic heterocycles. The average molecular weight is 504 g/mol. The van der Waals surface area contributed by atoms with Crippen LogP contribution in [0.25, 0.3) is 22.0 Å². The van der Waals surface area contributed by atoms with Crippen molar-refractivity contribution in [3.63, 3.8) is 0 Å². The molecule has 0 spiro atoms. The van der Waals surface area contributed by atoms with Gasteiger partial charge in [-0.25, -0.2) is 9.37 Å². The summed E-state index contributed by atoms with van der Waals surface area (Å²) in [5.41, 5.74) is 4.54. The number of fused-ring (bicyclic) bond motifs is 1. The molecule has 1 saturated heterocycles. The molecule has 0 unspecified atom stereocenters. The van der Waals surface area contributed by atoms with Gasteiger partial charge < -0.3 is 19.6 Å². The third kappa shape index (κ3) is 5.73. The van der Waals surface area contributed by atoms with Gasteiger partial charge in [-0.1, -0.05) is 23.4 Å². The first-order valence-electron chi connectivity index (χ1n) is 12.7. The maximum atomic E-state index is 13.8. The second kappa shape index (κ2) is 10.8. The maximum absolute atomic E-state index is 13.8. The van der Waals surface area contributed by atoms with Crippen molar-refractivity contribution < 1.29 is 8.91 Å². The summed E-state index contributed by atoms with van der Waals surface area (Å²) < 4.78 is 19.2. The molecule has 1 aliphatic rings. The lowest BCUT2D eigenvalue weighted by atomic mass is 10.0. The molecule has 1 fully saturated rings. The fraction of sp³-hybridized carbons (Fsp3) is 0.393. The second-order valence-electron chi connectivity index (χ2n) is 9.92. The second-order valence-corrected chi connectivity index (χ2v) is 9.92. The molecule has 1 N–H and O–H groups in total. The summed E-state index contributed by atoms with van der Waals surface area (Å²) in [7, 11) is 4.21. The molecule has 8 nitrogen and oxygen atoms in total. The molecule has 37 heavy (non-hydrogen) atoms. The molecule has 0 radical (unpaired) electrons. The smallest absolute Gasteiger partial charge is 0.227 e. The predicted molar refractivity (Wildman–Crippen MR) is 145 cm³/mol. The Kier molecular flexibility index (Phi) is 7.34. The van der Waals surface area contributed by atoms with E-state index in [-0.39, 0.29) is 5.82 Å². The Morgan fingerprint density at radius 1 is 1.03 bits per heavy atom. The molecule has 4 aromatic rings. The molecule has 9 heteroatoms. The lowest BCUT2D eigenvalue weighted by Crippen LogP contribution is -2.48. The summed E-state index contributed by atoms with van der Waals surface area (Å²) in [5.74, 6) is 1.97. The van der Waals surface area contributed by atoms with E-state index in [4.69, 9.17) is 14.5 Å². The monoisotopic (exact) mass is 503 g/mol. The van der Waals surface area contributed by atoms with E-state index in [1.54, 1.807) is 12.1 Å². The molecular weight excluding hydrogens is 469 g/mol. The lowest BCUT2D eigenvalue weighted by Gasteiger charge is -2.35. The van der Waals surface area contributed by atoms with Gasteiger partial charge in [-0.2, -0.15) is 4.98 Å². The Morgan fingerprint density at radius 3 is 2.54 bits per heavy atom. The van der Waals surface area contributed by atoms with E-state index in [1.165, 1.54) is 6.07 Å². The van der Waals surface area contributed by atoms with Crippen LogP contribution in [0.4, 0.5) is 16.2 Å². The molecule has 194 valence electrons. The van der Waals surface area contributed by atoms with Crippen LogP contribution >= 0.6 is 0 Å². The van der Waals surface area contributed by atoms with Crippen LogP contribution in [0.15, 0.2) is 47.0 Å². The van der Waals surface area contributed by atoms with E-state index < -0.39 is 0 Å². The molecule has 0 amide bonds. The zero-order chi connectivity index (χ0) is 25.9. The van der Waals surface area contributed by atoms with Crippen LogP contribution < -0.4 is 10.2 Å². The van der Waals surface area contributed by atoms with Crippen molar-refractivity contribution in [1.82, 2.24) is 24.9 Å². The summed E-state index contributed by atoms with van der Waals surface area (Å²) in [6, 6.07) is 12.8. The SMILES string of the molecule is Cc1noc(C)c1-c1ccc2nc(N3CCN(CCN(C)C)CC3)nc(NCc3cccc(F)c3)c2c1. The van der Waals surface area contributed by atoms with Gasteiger partial charge in [0.15, 0.2) is 0 Å². The molecule has 2 aromatic heterocycles. The largest absolute Gasteiger partial charge is 0.365 e. The van der Waals surface area contributed by atoms with Crippen LogP contribution in [0.3, 0.4) is 0 Å². The number of likely N-dealkylation sites (N-methyl/N-ethyl adjacent to an activating group) is 1. The van der Waals surface area contributed by atoms with E-state index in [0.717, 1.165) is 84.1 Å². The first-order valence-corrected chi connectivity index (χ1v) is 12.7. The van der Waals surface area contributed by atoms with Crippen LogP contribution in [0.2, 0.25) is 0 Å². The Hall–Kier alpha value is -3.56. The molecule has 0 atom stereocenters. The molecule has 3 heterocycles. The number of benzene rings is 2. The van der Waals surface area contributed by atoms with E-state index >= 15 is 0 Å². The van der Waals surface area contributed by atoms with E-state index in [2.05, 4.69) is 51.4 Å². The van der Waals surface area contributed by atoms with Gasteiger partial charge in [0.25, 0.3) is 0 Å². The number of nitrogens with one attached hydrogen (secondary N) is 1. The van der Waals surface area contributed by atoms with Gasteiger partial charge in [0.1, 0.15) is 17.4 Å². The van der Waals surface area contributed by atoms with Crippen molar-refractivity contribution in [2.45, 2.75) is 20.4 Å². The van der Waals surface area contributed by atoms with E-state index in [0.29, 0.717) is 12.5 Å². The normalized spacial score (nSPS) is 14.6. The first kappa shape index (κ1) is 25.1. The van der Waals surface area contributed by atoms with E-state index in [1.807, 2.05) is 26.0 Å². The number of nitrogens with zero attached hydrogens (tertiary/aromatic N) is 6. The average Bonchev–Trinajstić information content (AvgIpc) is 3.23. The zero-order valence-corrected chi connectivity index (χ0v) is 22.0. The first-order chi connectivity index (χ1) is 17.9. The van der Waals surface area contributed by atoms with E-state index in [9.17, 15) is 4.39 Å². The summed E-state index contributed by atoms with van der Waals surface area (Å²) in [6.07, 6.45) is 0. The number of aryl methyl sites for hydroxylation is 2. The number of halogens is 1. The molecule has 0 bridgehead atoms. The zero-order valence-electron chi connectivity index (χ0n) is 22.0.